The lowest BCUT2D eigenvalue weighted by atomic mass is 10.2. The number of amides is 1. The van der Waals surface area contributed by atoms with Crippen molar-refractivity contribution in [3.05, 3.63) is 53.0 Å². The fourth-order valence-corrected chi connectivity index (χ4v) is 4.63. The first-order chi connectivity index (χ1) is 17.0. The number of nitrogens with one attached hydrogen (secondary N) is 2. The molecule has 0 bridgehead atoms. The zero-order valence-corrected chi connectivity index (χ0v) is 19.6. The zero-order chi connectivity index (χ0) is 24.9. The number of aromatic nitrogens is 3. The summed E-state index contributed by atoms with van der Waals surface area (Å²) in [5, 5.41) is 22.2. The maximum atomic E-state index is 14.6. The number of fused-ring (bicyclic) bond motifs is 1. The SMILES string of the molecule is CCOc1cc(-c2cc(NCCn3c(C#N)cc4c(OC)ccc(F)c43)ncn2)sc1C(=O)NO. The van der Waals surface area contributed by atoms with Gasteiger partial charge in [-0.2, -0.15) is 5.26 Å². The lowest BCUT2D eigenvalue weighted by molar-refractivity contribution is 0.0707. The third-order valence-corrected chi connectivity index (χ3v) is 6.31. The van der Waals surface area contributed by atoms with Gasteiger partial charge >= 0.3 is 0 Å². The predicted octanol–water partition coefficient (Wildman–Crippen LogP) is 3.81. The second-order valence-electron chi connectivity index (χ2n) is 7.20. The molecule has 0 aliphatic heterocycles. The van der Waals surface area contributed by atoms with E-state index in [0.717, 1.165) is 11.3 Å². The Morgan fingerprint density at radius 3 is 2.83 bits per heavy atom. The molecule has 0 saturated carbocycles. The number of hydrogen-bond acceptors (Lipinski definition) is 9. The van der Waals surface area contributed by atoms with E-state index in [1.54, 1.807) is 35.2 Å². The minimum Gasteiger partial charge on any atom is -0.496 e. The van der Waals surface area contributed by atoms with Crippen molar-refractivity contribution in [3.8, 4) is 28.1 Å². The second kappa shape index (κ2) is 10.4. The van der Waals surface area contributed by atoms with E-state index in [1.165, 1.54) is 25.6 Å². The van der Waals surface area contributed by atoms with Gasteiger partial charge in [0.25, 0.3) is 5.91 Å². The Balaban J connectivity index is 1.55. The molecule has 0 atom stereocenters. The Bertz CT molecular complexity index is 1430. The molecule has 0 spiro atoms. The summed E-state index contributed by atoms with van der Waals surface area (Å²) in [6.07, 6.45) is 1.37. The van der Waals surface area contributed by atoms with Gasteiger partial charge in [-0.15, -0.1) is 11.3 Å². The van der Waals surface area contributed by atoms with Gasteiger partial charge in [0.05, 0.1) is 29.8 Å². The molecule has 3 heterocycles. The first-order valence-corrected chi connectivity index (χ1v) is 11.4. The normalized spacial score (nSPS) is 10.7. The average Bonchev–Trinajstić information content (AvgIpc) is 3.47. The number of ether oxygens (including phenoxy) is 2. The van der Waals surface area contributed by atoms with Crippen molar-refractivity contribution in [1.29, 1.82) is 5.26 Å². The van der Waals surface area contributed by atoms with Crippen LogP contribution in [-0.2, 0) is 6.54 Å². The van der Waals surface area contributed by atoms with Crippen molar-refractivity contribution < 1.29 is 23.9 Å². The predicted molar refractivity (Wildman–Crippen MR) is 127 cm³/mol. The van der Waals surface area contributed by atoms with Crippen LogP contribution in [0.25, 0.3) is 21.5 Å². The fourth-order valence-electron chi connectivity index (χ4n) is 3.67. The number of nitriles is 1. The summed E-state index contributed by atoms with van der Waals surface area (Å²) in [6, 6.07) is 9.92. The Hall–Kier alpha value is -4.21. The van der Waals surface area contributed by atoms with Crippen molar-refractivity contribution in [3.63, 3.8) is 0 Å². The summed E-state index contributed by atoms with van der Waals surface area (Å²) in [5.41, 5.74) is 2.77. The maximum absolute atomic E-state index is 14.6. The van der Waals surface area contributed by atoms with Gasteiger partial charge in [0.2, 0.25) is 0 Å². The molecule has 1 aromatic carbocycles. The van der Waals surface area contributed by atoms with E-state index in [-0.39, 0.29) is 4.88 Å². The molecule has 0 aliphatic rings. The van der Waals surface area contributed by atoms with Gasteiger partial charge in [0, 0.05) is 30.6 Å². The summed E-state index contributed by atoms with van der Waals surface area (Å²) >= 11 is 1.12. The third-order valence-electron chi connectivity index (χ3n) is 5.17. The molecule has 1 amide bonds. The lowest BCUT2D eigenvalue weighted by Crippen LogP contribution is -2.18. The highest BCUT2D eigenvalue weighted by Gasteiger charge is 2.19. The van der Waals surface area contributed by atoms with Crippen LogP contribution in [0.5, 0.6) is 11.5 Å². The van der Waals surface area contributed by atoms with E-state index < -0.39 is 11.7 Å². The summed E-state index contributed by atoms with van der Waals surface area (Å²) < 4.78 is 27.0. The molecule has 0 radical (unpaired) electrons. The molecule has 4 rings (SSSR count). The molecule has 35 heavy (non-hydrogen) atoms. The number of halogens is 1. The maximum Gasteiger partial charge on any atom is 0.288 e. The van der Waals surface area contributed by atoms with Crippen LogP contribution in [-0.4, -0.2) is 45.9 Å². The van der Waals surface area contributed by atoms with Crippen LogP contribution in [0, 0.1) is 17.1 Å². The second-order valence-corrected chi connectivity index (χ2v) is 8.25. The molecular weight excluding hydrogens is 475 g/mol. The monoisotopic (exact) mass is 496 g/mol. The van der Waals surface area contributed by atoms with Crippen LogP contribution in [0.3, 0.4) is 0 Å². The molecule has 3 N–H and O–H groups in total. The highest BCUT2D eigenvalue weighted by molar-refractivity contribution is 7.17. The smallest absolute Gasteiger partial charge is 0.288 e. The van der Waals surface area contributed by atoms with Crippen molar-refractivity contribution >= 4 is 34.0 Å². The van der Waals surface area contributed by atoms with E-state index >= 15 is 0 Å². The first kappa shape index (κ1) is 23.9. The number of hydroxylamine groups is 1. The largest absolute Gasteiger partial charge is 0.496 e. The Morgan fingerprint density at radius 1 is 1.29 bits per heavy atom. The van der Waals surface area contributed by atoms with Gasteiger partial charge in [0.1, 0.15) is 46.1 Å². The molecule has 12 heteroatoms. The van der Waals surface area contributed by atoms with Crippen molar-refractivity contribution in [2.75, 3.05) is 25.6 Å². The molecule has 0 fully saturated rings. The fraction of sp³-hybridized carbons (Fsp3) is 0.217. The van der Waals surface area contributed by atoms with E-state index in [1.807, 2.05) is 0 Å². The van der Waals surface area contributed by atoms with Crippen LogP contribution >= 0.6 is 11.3 Å². The summed E-state index contributed by atoms with van der Waals surface area (Å²) in [6.45, 7) is 2.78. The zero-order valence-electron chi connectivity index (χ0n) is 18.8. The highest BCUT2D eigenvalue weighted by Crippen LogP contribution is 2.36. The van der Waals surface area contributed by atoms with Gasteiger partial charge in [-0.05, 0) is 25.1 Å². The van der Waals surface area contributed by atoms with Gasteiger partial charge in [-0.1, -0.05) is 0 Å². The molecule has 180 valence electrons. The number of thiophene rings is 1. The van der Waals surface area contributed by atoms with Gasteiger partial charge in [0.15, 0.2) is 0 Å². The van der Waals surface area contributed by atoms with E-state index in [4.69, 9.17) is 14.7 Å². The molecule has 0 unspecified atom stereocenters. The quantitative estimate of drug-likeness (QED) is 0.235. The van der Waals surface area contributed by atoms with Crippen LogP contribution in [0.4, 0.5) is 10.2 Å². The first-order valence-electron chi connectivity index (χ1n) is 10.5. The number of hydrogen-bond donors (Lipinski definition) is 3. The standard InChI is InChI=1S/C23H21FN6O4S/c1-3-34-18-10-19(35-22(18)23(31)29-32)16-9-20(28-12-27-16)26-6-7-30-13(11-25)8-14-17(33-2)5-4-15(24)21(14)30/h4-5,8-10,12,32H,3,6-7H2,1-2H3,(H,29,31)(H,26,27,28). The molecule has 0 aliphatic carbocycles. The number of anilines is 1. The Morgan fingerprint density at radius 2 is 2.11 bits per heavy atom. The van der Waals surface area contributed by atoms with E-state index in [9.17, 15) is 14.4 Å². The molecule has 0 saturated heterocycles. The lowest BCUT2D eigenvalue weighted by Gasteiger charge is -2.11. The van der Waals surface area contributed by atoms with E-state index in [0.29, 0.717) is 64.2 Å². The molecular formula is C23H21FN6O4S. The highest BCUT2D eigenvalue weighted by atomic mass is 32.1. The van der Waals surface area contributed by atoms with Crippen molar-refractivity contribution in [2.24, 2.45) is 0 Å². The molecule has 10 nitrogen and oxygen atoms in total. The number of carbonyl (C=O) groups excluding carboxylic acids is 1. The Kier molecular flexibility index (Phi) is 7.09. The third kappa shape index (κ3) is 4.72. The number of carbonyl (C=O) groups is 1. The Labute approximate surface area is 203 Å². The average molecular weight is 497 g/mol. The topological polar surface area (TPSA) is 134 Å². The summed E-state index contributed by atoms with van der Waals surface area (Å²) in [4.78, 5) is 21.3. The molecule has 4 aromatic rings. The van der Waals surface area contributed by atoms with Crippen LogP contribution in [0.2, 0.25) is 0 Å². The van der Waals surface area contributed by atoms with Crippen LogP contribution in [0.15, 0.2) is 36.7 Å². The van der Waals surface area contributed by atoms with Crippen LogP contribution < -0.4 is 20.3 Å². The number of nitrogens with zero attached hydrogens (tertiary/aromatic N) is 4. The van der Waals surface area contributed by atoms with Crippen LogP contribution in [0.1, 0.15) is 22.3 Å². The minimum atomic E-state index is -0.673. The minimum absolute atomic E-state index is 0.221. The summed E-state index contributed by atoms with van der Waals surface area (Å²) in [5.74, 6) is 0.211. The van der Waals surface area contributed by atoms with Gasteiger partial charge < -0.3 is 19.4 Å². The van der Waals surface area contributed by atoms with E-state index in [2.05, 4.69) is 21.4 Å². The molecule has 3 aromatic heterocycles. The van der Waals surface area contributed by atoms with Crippen molar-refractivity contribution in [2.45, 2.75) is 13.5 Å². The number of benzene rings is 1. The van der Waals surface area contributed by atoms with Gasteiger partial charge in [-0.25, -0.2) is 19.8 Å². The number of methoxy groups -OCH3 is 1. The number of rotatable bonds is 9. The van der Waals surface area contributed by atoms with Gasteiger partial charge in [-0.3, -0.25) is 10.0 Å². The summed E-state index contributed by atoms with van der Waals surface area (Å²) in [7, 11) is 1.49. The van der Waals surface area contributed by atoms with Crippen molar-refractivity contribution in [1.82, 2.24) is 20.0 Å².